The largest absolute Gasteiger partial charge is 0.341 e. The van der Waals surface area contributed by atoms with E-state index < -0.39 is 5.76 Å². The fraction of sp³-hybridized carbons (Fsp3) is 0.650. The van der Waals surface area contributed by atoms with Crippen LogP contribution in [0, 0.1) is 23.2 Å². The smallest absolute Gasteiger partial charge is 0.288 e. The van der Waals surface area contributed by atoms with E-state index in [1.54, 1.807) is 24.3 Å². The molecule has 4 aliphatic carbocycles. The van der Waals surface area contributed by atoms with Gasteiger partial charge in [-0.05, 0) is 86.0 Å². The zero-order chi connectivity index (χ0) is 17.6. The first kappa shape index (κ1) is 17.3. The molecule has 4 aliphatic rings. The van der Waals surface area contributed by atoms with E-state index >= 15 is 0 Å². The van der Waals surface area contributed by atoms with Gasteiger partial charge in [0.1, 0.15) is 0 Å². The molecule has 0 aliphatic heterocycles. The molecule has 1 aromatic rings. The number of rotatable bonds is 5. The van der Waals surface area contributed by atoms with Crippen molar-refractivity contribution in [2.75, 3.05) is 13.6 Å². The maximum Gasteiger partial charge on any atom is 0.288 e. The molecule has 4 bridgehead atoms. The van der Waals surface area contributed by atoms with Crippen molar-refractivity contribution < 1.29 is 13.6 Å². The van der Waals surface area contributed by atoms with Crippen molar-refractivity contribution in [1.82, 2.24) is 4.90 Å². The molecule has 5 heteroatoms. The highest BCUT2D eigenvalue weighted by atomic mass is 32.2. The van der Waals surface area contributed by atoms with Gasteiger partial charge in [0.2, 0.25) is 0 Å². The number of amides is 1. The first-order valence-corrected chi connectivity index (χ1v) is 10.1. The zero-order valence-corrected chi connectivity index (χ0v) is 15.4. The van der Waals surface area contributed by atoms with Crippen molar-refractivity contribution in [2.45, 2.75) is 49.2 Å². The topological polar surface area (TPSA) is 20.3 Å². The summed E-state index contributed by atoms with van der Waals surface area (Å²) in [5.74, 6) is 0.200. The van der Waals surface area contributed by atoms with E-state index in [1.807, 2.05) is 11.9 Å². The molecular formula is C20H25F2NOS. The molecule has 136 valence electrons. The molecule has 1 aromatic carbocycles. The standard InChI is InChI=1S/C20H25F2NOS/c1-23(18(24)16-2-4-17(5-3-16)25-19(21)22)12-20-9-13-6-14(10-20)8-15(7-13)11-20/h2-5,13-15,19H,6-12H2,1H3. The summed E-state index contributed by atoms with van der Waals surface area (Å²) in [7, 11) is 1.89. The number of halogens is 2. The van der Waals surface area contributed by atoms with Crippen LogP contribution in [0.1, 0.15) is 48.9 Å². The molecule has 0 heterocycles. The third-order valence-electron chi connectivity index (χ3n) is 6.41. The molecule has 0 saturated heterocycles. The molecule has 0 atom stereocenters. The number of hydrogen-bond acceptors (Lipinski definition) is 2. The van der Waals surface area contributed by atoms with Crippen LogP contribution in [0.4, 0.5) is 8.78 Å². The monoisotopic (exact) mass is 365 g/mol. The summed E-state index contributed by atoms with van der Waals surface area (Å²) in [6, 6.07) is 6.57. The lowest BCUT2D eigenvalue weighted by Crippen LogP contribution is -2.51. The fourth-order valence-corrected chi connectivity index (χ4v) is 6.56. The van der Waals surface area contributed by atoms with E-state index in [0.29, 0.717) is 27.6 Å². The lowest BCUT2D eigenvalue weighted by molar-refractivity contribution is -0.0629. The number of thioether (sulfide) groups is 1. The highest BCUT2D eigenvalue weighted by Crippen LogP contribution is 2.60. The number of carbonyl (C=O) groups is 1. The molecule has 0 spiro atoms. The summed E-state index contributed by atoms with van der Waals surface area (Å²) in [5, 5.41) is 0. The average molecular weight is 365 g/mol. The predicted octanol–water partition coefficient (Wildman–Crippen LogP) is 5.29. The maximum absolute atomic E-state index is 12.8. The summed E-state index contributed by atoms with van der Waals surface area (Å²) in [6.45, 7) is 0.836. The second kappa shape index (κ2) is 6.57. The van der Waals surface area contributed by atoms with Gasteiger partial charge in [0, 0.05) is 24.1 Å². The van der Waals surface area contributed by atoms with Gasteiger partial charge in [0.15, 0.2) is 0 Å². The Hall–Kier alpha value is -1.10. The van der Waals surface area contributed by atoms with Gasteiger partial charge in [-0.2, -0.15) is 8.78 Å². The summed E-state index contributed by atoms with van der Waals surface area (Å²) in [6.07, 6.45) is 8.04. The van der Waals surface area contributed by atoms with Gasteiger partial charge in [-0.1, -0.05) is 11.8 Å². The van der Waals surface area contributed by atoms with Crippen LogP contribution < -0.4 is 0 Å². The quantitative estimate of drug-likeness (QED) is 0.661. The second-order valence-electron chi connectivity index (χ2n) is 8.48. The predicted molar refractivity (Wildman–Crippen MR) is 95.9 cm³/mol. The first-order chi connectivity index (χ1) is 11.9. The molecule has 0 N–H and O–H groups in total. The molecule has 5 rings (SSSR count). The van der Waals surface area contributed by atoms with Gasteiger partial charge >= 0.3 is 0 Å². The summed E-state index contributed by atoms with van der Waals surface area (Å²) in [5.41, 5.74) is 0.913. The highest BCUT2D eigenvalue weighted by molar-refractivity contribution is 7.99. The van der Waals surface area contributed by atoms with Crippen LogP contribution in [0.15, 0.2) is 29.2 Å². The average Bonchev–Trinajstić information content (AvgIpc) is 2.52. The molecule has 4 fully saturated rings. The van der Waals surface area contributed by atoms with E-state index in [0.717, 1.165) is 24.3 Å². The Labute approximate surface area is 152 Å². The van der Waals surface area contributed by atoms with Gasteiger partial charge in [0.05, 0.1) is 0 Å². The highest BCUT2D eigenvalue weighted by Gasteiger charge is 2.51. The van der Waals surface area contributed by atoms with Crippen LogP contribution in [0.25, 0.3) is 0 Å². The SMILES string of the molecule is CN(CC12CC3CC(CC(C3)C1)C2)C(=O)c1ccc(SC(F)F)cc1. The van der Waals surface area contributed by atoms with Crippen LogP contribution in [-0.4, -0.2) is 30.2 Å². The third-order valence-corrected chi connectivity index (χ3v) is 7.13. The number of benzene rings is 1. The molecule has 2 nitrogen and oxygen atoms in total. The van der Waals surface area contributed by atoms with Gasteiger partial charge in [-0.25, -0.2) is 0 Å². The number of hydrogen-bond donors (Lipinski definition) is 0. The minimum absolute atomic E-state index is 0.00402. The Bertz CT molecular complexity index is 610. The Morgan fingerprint density at radius 1 is 1.12 bits per heavy atom. The molecule has 25 heavy (non-hydrogen) atoms. The first-order valence-electron chi connectivity index (χ1n) is 9.23. The van der Waals surface area contributed by atoms with Crippen LogP contribution >= 0.6 is 11.8 Å². The maximum atomic E-state index is 12.8. The van der Waals surface area contributed by atoms with Gasteiger partial charge in [0.25, 0.3) is 11.7 Å². The number of nitrogens with zero attached hydrogens (tertiary/aromatic N) is 1. The lowest BCUT2D eigenvalue weighted by Gasteiger charge is -2.57. The van der Waals surface area contributed by atoms with Crippen LogP contribution in [-0.2, 0) is 0 Å². The molecule has 0 unspecified atom stereocenters. The van der Waals surface area contributed by atoms with Crippen molar-refractivity contribution >= 4 is 17.7 Å². The number of carbonyl (C=O) groups excluding carboxylic acids is 1. The van der Waals surface area contributed by atoms with E-state index in [1.165, 1.54) is 38.5 Å². The van der Waals surface area contributed by atoms with Crippen molar-refractivity contribution in [2.24, 2.45) is 23.2 Å². The van der Waals surface area contributed by atoms with Crippen molar-refractivity contribution in [1.29, 1.82) is 0 Å². The Balaban J connectivity index is 1.42. The zero-order valence-electron chi connectivity index (χ0n) is 14.6. The van der Waals surface area contributed by atoms with Gasteiger partial charge in [-0.15, -0.1) is 0 Å². The summed E-state index contributed by atoms with van der Waals surface area (Å²) < 4.78 is 24.8. The van der Waals surface area contributed by atoms with E-state index in [-0.39, 0.29) is 5.91 Å². The number of alkyl halides is 2. The Morgan fingerprint density at radius 2 is 1.64 bits per heavy atom. The van der Waals surface area contributed by atoms with Crippen molar-refractivity contribution in [3.8, 4) is 0 Å². The van der Waals surface area contributed by atoms with E-state index in [2.05, 4.69) is 0 Å². The summed E-state index contributed by atoms with van der Waals surface area (Å²) in [4.78, 5) is 15.1. The van der Waals surface area contributed by atoms with Crippen molar-refractivity contribution in [3.05, 3.63) is 29.8 Å². The molecule has 0 radical (unpaired) electrons. The minimum Gasteiger partial charge on any atom is -0.341 e. The fourth-order valence-electron chi connectivity index (χ4n) is 6.06. The second-order valence-corrected chi connectivity index (χ2v) is 9.55. The molecule has 1 amide bonds. The van der Waals surface area contributed by atoms with Gasteiger partial charge < -0.3 is 4.90 Å². The molecular weight excluding hydrogens is 340 g/mol. The molecule has 0 aromatic heterocycles. The Morgan fingerprint density at radius 3 is 2.12 bits per heavy atom. The van der Waals surface area contributed by atoms with Gasteiger partial charge in [-0.3, -0.25) is 4.79 Å². The van der Waals surface area contributed by atoms with E-state index in [4.69, 9.17) is 0 Å². The van der Waals surface area contributed by atoms with E-state index in [9.17, 15) is 13.6 Å². The summed E-state index contributed by atoms with van der Waals surface area (Å²) >= 11 is 0.513. The lowest BCUT2D eigenvalue weighted by atomic mass is 9.49. The minimum atomic E-state index is -2.43. The molecule has 4 saturated carbocycles. The van der Waals surface area contributed by atoms with Crippen molar-refractivity contribution in [3.63, 3.8) is 0 Å². The van der Waals surface area contributed by atoms with Crippen LogP contribution in [0.2, 0.25) is 0 Å². The normalized spacial score (nSPS) is 33.0. The van der Waals surface area contributed by atoms with Crippen LogP contribution in [0.3, 0.4) is 0 Å². The third kappa shape index (κ3) is 3.57. The van der Waals surface area contributed by atoms with Crippen LogP contribution in [0.5, 0.6) is 0 Å². The Kier molecular flexibility index (Phi) is 4.55.